The van der Waals surface area contributed by atoms with Crippen molar-refractivity contribution >= 4 is 11.8 Å². The van der Waals surface area contributed by atoms with E-state index in [2.05, 4.69) is 21.7 Å². The Morgan fingerprint density at radius 1 is 1.35 bits per heavy atom. The molecule has 2 atom stereocenters. The summed E-state index contributed by atoms with van der Waals surface area (Å²) >= 11 is 0. The van der Waals surface area contributed by atoms with Gasteiger partial charge in [0.15, 0.2) is 0 Å². The highest BCUT2D eigenvalue weighted by atomic mass is 19.1. The van der Waals surface area contributed by atoms with Crippen LogP contribution in [-0.2, 0) is 16.1 Å². The summed E-state index contributed by atoms with van der Waals surface area (Å²) in [5, 5.41) is 15.8. The summed E-state index contributed by atoms with van der Waals surface area (Å²) in [5.74, 6) is -0.181. The van der Waals surface area contributed by atoms with Gasteiger partial charge in [-0.15, -0.1) is 0 Å². The highest BCUT2D eigenvalue weighted by Gasteiger charge is 2.57. The maximum Gasteiger partial charge on any atom is 0.247 e. The number of allylic oxidation sites excluding steroid dienone is 2. The first-order chi connectivity index (χ1) is 17.8. The Kier molecular flexibility index (Phi) is 6.42. The van der Waals surface area contributed by atoms with Crippen molar-refractivity contribution in [1.29, 1.82) is 5.26 Å². The number of pyridine rings is 1. The molecule has 5 rings (SSSR count). The van der Waals surface area contributed by atoms with Crippen molar-refractivity contribution in [2.45, 2.75) is 38.8 Å². The van der Waals surface area contributed by atoms with Crippen LogP contribution >= 0.6 is 0 Å². The number of amides is 2. The predicted molar refractivity (Wildman–Crippen MR) is 134 cm³/mol. The lowest BCUT2D eigenvalue weighted by Crippen LogP contribution is -2.45. The van der Waals surface area contributed by atoms with E-state index in [-0.39, 0.29) is 24.3 Å². The lowest BCUT2D eigenvalue weighted by atomic mass is 9.82. The van der Waals surface area contributed by atoms with Crippen molar-refractivity contribution in [1.82, 2.24) is 20.5 Å². The van der Waals surface area contributed by atoms with Crippen molar-refractivity contribution in [2.75, 3.05) is 13.7 Å². The molecule has 1 aromatic heterocycles. The van der Waals surface area contributed by atoms with Gasteiger partial charge in [0.1, 0.15) is 23.0 Å². The molecule has 1 aromatic carbocycles. The molecule has 190 valence electrons. The first kappa shape index (κ1) is 24.5. The monoisotopic (exact) mass is 501 g/mol. The van der Waals surface area contributed by atoms with Gasteiger partial charge in [0.25, 0.3) is 0 Å². The van der Waals surface area contributed by atoms with Crippen molar-refractivity contribution in [2.24, 2.45) is 11.3 Å². The van der Waals surface area contributed by atoms with E-state index in [9.17, 15) is 19.2 Å². The second-order valence-corrected chi connectivity index (χ2v) is 9.75. The molecule has 2 aromatic rings. The number of ether oxygens (including phenoxy) is 1. The smallest absolute Gasteiger partial charge is 0.247 e. The van der Waals surface area contributed by atoms with E-state index in [4.69, 9.17) is 4.74 Å². The summed E-state index contributed by atoms with van der Waals surface area (Å²) in [6, 6.07) is 9.53. The van der Waals surface area contributed by atoms with E-state index in [0.29, 0.717) is 41.2 Å². The Morgan fingerprint density at radius 3 is 2.89 bits per heavy atom. The van der Waals surface area contributed by atoms with Crippen molar-refractivity contribution in [3.8, 4) is 23.1 Å². The predicted octanol–water partition coefficient (Wildman–Crippen LogP) is 3.42. The molecule has 2 fully saturated rings. The number of dihydropyridines is 1. The highest BCUT2D eigenvalue weighted by Crippen LogP contribution is 2.52. The standard InChI is InChI=1S/C28H28FN5O3/c1-17-9-22(34-8-6-28(16-30,27(34)36)20-3-4-20)13-25(33-17)26(35)32-15-18-10-19(12-21(29)11-18)24-14-23(37-2)5-7-31-24/h5,7,9-14,20,25,33H,3-4,6,8,15H2,1-2H3,(H,32,35). The molecule has 1 saturated carbocycles. The third-order valence-electron chi connectivity index (χ3n) is 7.20. The maximum atomic E-state index is 14.4. The van der Waals surface area contributed by atoms with E-state index in [1.54, 1.807) is 42.5 Å². The van der Waals surface area contributed by atoms with Gasteiger partial charge >= 0.3 is 0 Å². The molecule has 1 saturated heterocycles. The first-order valence-corrected chi connectivity index (χ1v) is 12.3. The number of nitrogens with zero attached hydrogens (tertiary/aromatic N) is 3. The van der Waals surface area contributed by atoms with Crippen molar-refractivity contribution in [3.63, 3.8) is 0 Å². The normalized spacial score (nSPS) is 23.0. The number of carbonyl (C=O) groups excluding carboxylic acids is 2. The van der Waals surface area contributed by atoms with Crippen LogP contribution in [0.4, 0.5) is 4.39 Å². The zero-order chi connectivity index (χ0) is 26.2. The second kappa shape index (κ2) is 9.69. The molecule has 3 heterocycles. The van der Waals surface area contributed by atoms with E-state index >= 15 is 0 Å². The Labute approximate surface area is 214 Å². The minimum Gasteiger partial charge on any atom is -0.497 e. The SMILES string of the molecule is COc1ccnc(-c2cc(F)cc(CNC(=O)C3C=C(N4CCC(C#N)(C5CC5)C4=O)C=C(C)N3)c2)c1. The number of hydrogen-bond acceptors (Lipinski definition) is 6. The number of likely N-dealkylation sites (tertiary alicyclic amines) is 1. The molecular weight excluding hydrogens is 473 g/mol. The molecular formula is C28H28FN5O3. The lowest BCUT2D eigenvalue weighted by molar-refractivity contribution is -0.132. The molecule has 0 radical (unpaired) electrons. The molecule has 2 aliphatic heterocycles. The minimum atomic E-state index is -0.946. The maximum absolute atomic E-state index is 14.4. The van der Waals surface area contributed by atoms with Crippen LogP contribution in [-0.4, -0.2) is 41.4 Å². The number of halogens is 1. The Balaban J connectivity index is 1.29. The summed E-state index contributed by atoms with van der Waals surface area (Å²) in [5.41, 5.74) is 2.13. The van der Waals surface area contributed by atoms with Crippen LogP contribution in [0.25, 0.3) is 11.3 Å². The number of benzene rings is 1. The Morgan fingerprint density at radius 2 is 2.16 bits per heavy atom. The second-order valence-electron chi connectivity index (χ2n) is 9.75. The van der Waals surface area contributed by atoms with Gasteiger partial charge in [0, 0.05) is 42.3 Å². The third-order valence-corrected chi connectivity index (χ3v) is 7.20. The summed E-state index contributed by atoms with van der Waals surface area (Å²) in [6.45, 7) is 2.39. The molecule has 2 N–H and O–H groups in total. The van der Waals surface area contributed by atoms with Gasteiger partial charge in [-0.1, -0.05) is 0 Å². The van der Waals surface area contributed by atoms with Gasteiger partial charge in [0.05, 0.1) is 18.9 Å². The van der Waals surface area contributed by atoms with E-state index in [1.807, 2.05) is 13.0 Å². The summed E-state index contributed by atoms with van der Waals surface area (Å²) in [7, 11) is 1.55. The van der Waals surface area contributed by atoms with Crippen LogP contribution in [0.3, 0.4) is 0 Å². The molecule has 1 aliphatic carbocycles. The topological polar surface area (TPSA) is 107 Å². The Bertz CT molecular complexity index is 1360. The van der Waals surface area contributed by atoms with Crippen LogP contribution in [0.2, 0.25) is 0 Å². The van der Waals surface area contributed by atoms with Gasteiger partial charge in [0.2, 0.25) is 11.8 Å². The average molecular weight is 502 g/mol. The molecule has 9 heteroatoms. The number of rotatable bonds is 7. The van der Waals surface area contributed by atoms with Crippen LogP contribution in [0.5, 0.6) is 5.75 Å². The zero-order valence-corrected chi connectivity index (χ0v) is 20.8. The molecule has 2 unspecified atom stereocenters. The molecule has 0 bridgehead atoms. The van der Waals surface area contributed by atoms with Crippen molar-refractivity contribution < 1.29 is 18.7 Å². The number of methoxy groups -OCH3 is 1. The quantitative estimate of drug-likeness (QED) is 0.602. The summed E-state index contributed by atoms with van der Waals surface area (Å²) in [6.07, 6.45) is 7.43. The number of hydrogen-bond donors (Lipinski definition) is 2. The largest absolute Gasteiger partial charge is 0.497 e. The summed E-state index contributed by atoms with van der Waals surface area (Å²) in [4.78, 5) is 32.2. The average Bonchev–Trinajstić information content (AvgIpc) is 3.70. The van der Waals surface area contributed by atoms with E-state index in [0.717, 1.165) is 18.5 Å². The van der Waals surface area contributed by atoms with E-state index < -0.39 is 17.3 Å². The van der Waals surface area contributed by atoms with Crippen LogP contribution in [0.15, 0.2) is 60.1 Å². The third kappa shape index (κ3) is 4.79. The van der Waals surface area contributed by atoms with E-state index in [1.165, 1.54) is 12.1 Å². The lowest BCUT2D eigenvalue weighted by Gasteiger charge is -2.27. The number of nitriles is 1. The van der Waals surface area contributed by atoms with Gasteiger partial charge in [-0.2, -0.15) is 5.26 Å². The minimum absolute atomic E-state index is 0.111. The molecule has 2 amide bonds. The van der Waals surface area contributed by atoms with Gasteiger partial charge in [-0.25, -0.2) is 4.39 Å². The van der Waals surface area contributed by atoms with Gasteiger partial charge in [-0.3, -0.25) is 14.6 Å². The summed E-state index contributed by atoms with van der Waals surface area (Å²) < 4.78 is 19.6. The zero-order valence-electron chi connectivity index (χ0n) is 20.8. The molecule has 37 heavy (non-hydrogen) atoms. The first-order valence-electron chi connectivity index (χ1n) is 12.3. The number of carbonyl (C=O) groups is 2. The molecule has 0 spiro atoms. The van der Waals surface area contributed by atoms with Crippen LogP contribution < -0.4 is 15.4 Å². The highest BCUT2D eigenvalue weighted by molar-refractivity contribution is 5.91. The fourth-order valence-corrected chi connectivity index (χ4v) is 5.11. The fourth-order valence-electron chi connectivity index (χ4n) is 5.11. The molecule has 3 aliphatic rings. The fraction of sp³-hybridized carbons (Fsp3) is 0.357. The number of aromatic nitrogens is 1. The van der Waals surface area contributed by atoms with Crippen molar-refractivity contribution in [3.05, 3.63) is 71.5 Å². The Hall–Kier alpha value is -4.19. The number of nitrogens with one attached hydrogen (secondary N) is 2. The van der Waals surface area contributed by atoms with Gasteiger partial charge < -0.3 is 20.3 Å². The van der Waals surface area contributed by atoms with Crippen LogP contribution in [0, 0.1) is 28.5 Å². The van der Waals surface area contributed by atoms with Crippen LogP contribution in [0.1, 0.15) is 31.7 Å². The molecule has 8 nitrogen and oxygen atoms in total. The van der Waals surface area contributed by atoms with Gasteiger partial charge in [-0.05, 0) is 74.1 Å².